The molecule has 1 aliphatic rings. The summed E-state index contributed by atoms with van der Waals surface area (Å²) >= 11 is 0. The Labute approximate surface area is 55.0 Å². The lowest BCUT2D eigenvalue weighted by molar-refractivity contribution is -0.136. The molecule has 1 aliphatic heterocycles. The standard InChI is InChI=1S/C6H11N2O/c1-2-8-6(9)4-3-5-7-8/h7H,1-5H2. The predicted molar refractivity (Wildman–Crippen MR) is 34.3 cm³/mol. The van der Waals surface area contributed by atoms with Crippen LogP contribution in [0.4, 0.5) is 0 Å². The molecule has 9 heavy (non-hydrogen) atoms. The van der Waals surface area contributed by atoms with Gasteiger partial charge in [-0.25, -0.2) is 5.43 Å². The Morgan fingerprint density at radius 3 is 3.00 bits per heavy atom. The van der Waals surface area contributed by atoms with E-state index in [-0.39, 0.29) is 5.91 Å². The fraction of sp³-hybridized carbons (Fsp3) is 0.667. The second kappa shape index (κ2) is 2.82. The fourth-order valence-corrected chi connectivity index (χ4v) is 0.881. The number of nitrogens with zero attached hydrogens (tertiary/aromatic N) is 1. The first-order valence-electron chi connectivity index (χ1n) is 3.17. The number of carbonyl (C=O) groups is 1. The number of hydrogen-bond acceptors (Lipinski definition) is 2. The monoisotopic (exact) mass is 127 g/mol. The van der Waals surface area contributed by atoms with E-state index in [1.807, 2.05) is 0 Å². The minimum absolute atomic E-state index is 0.163. The highest BCUT2D eigenvalue weighted by Gasteiger charge is 2.14. The molecule has 0 aromatic carbocycles. The van der Waals surface area contributed by atoms with Gasteiger partial charge in [0.2, 0.25) is 5.91 Å². The number of amides is 1. The van der Waals surface area contributed by atoms with Gasteiger partial charge in [-0.15, -0.1) is 0 Å². The molecule has 0 spiro atoms. The summed E-state index contributed by atoms with van der Waals surface area (Å²) in [6.45, 7) is 5.03. The first kappa shape index (κ1) is 6.55. The molecule has 1 rings (SSSR count). The Kier molecular flexibility index (Phi) is 2.05. The highest BCUT2D eigenvalue weighted by atomic mass is 16.2. The minimum atomic E-state index is 0.163. The molecule has 0 aromatic rings. The van der Waals surface area contributed by atoms with E-state index in [1.54, 1.807) is 5.01 Å². The quantitative estimate of drug-likeness (QED) is 0.535. The molecule has 1 N–H and O–H groups in total. The van der Waals surface area contributed by atoms with Crippen molar-refractivity contribution in [1.29, 1.82) is 0 Å². The highest BCUT2D eigenvalue weighted by molar-refractivity contribution is 5.76. The van der Waals surface area contributed by atoms with E-state index in [0.717, 1.165) is 13.0 Å². The van der Waals surface area contributed by atoms with E-state index in [0.29, 0.717) is 13.0 Å². The van der Waals surface area contributed by atoms with Crippen molar-refractivity contribution in [2.45, 2.75) is 12.8 Å². The molecule has 0 unspecified atom stereocenters. The van der Waals surface area contributed by atoms with Crippen molar-refractivity contribution in [2.24, 2.45) is 0 Å². The van der Waals surface area contributed by atoms with Crippen LogP contribution in [0.25, 0.3) is 0 Å². The van der Waals surface area contributed by atoms with Crippen LogP contribution in [-0.4, -0.2) is 24.0 Å². The van der Waals surface area contributed by atoms with Gasteiger partial charge in [0.25, 0.3) is 0 Å². The van der Waals surface area contributed by atoms with Crippen LogP contribution in [0.2, 0.25) is 0 Å². The third-order valence-electron chi connectivity index (χ3n) is 1.39. The zero-order chi connectivity index (χ0) is 6.69. The summed E-state index contributed by atoms with van der Waals surface area (Å²) in [5, 5.41) is 1.56. The predicted octanol–water partition coefficient (Wildman–Crippen LogP) is -0.0525. The molecule has 0 aromatic heterocycles. The summed E-state index contributed by atoms with van der Waals surface area (Å²) in [5.74, 6) is 0.163. The molecule has 3 heteroatoms. The molecule has 1 heterocycles. The SMILES string of the molecule is [CH2]CN1NCCCC1=O. The van der Waals surface area contributed by atoms with Crippen LogP contribution in [0.1, 0.15) is 12.8 Å². The molecule has 1 amide bonds. The van der Waals surface area contributed by atoms with Crippen molar-refractivity contribution in [3.63, 3.8) is 0 Å². The highest BCUT2D eigenvalue weighted by Crippen LogP contribution is 1.99. The van der Waals surface area contributed by atoms with Crippen molar-refractivity contribution in [2.75, 3.05) is 13.1 Å². The zero-order valence-corrected chi connectivity index (χ0v) is 5.39. The average Bonchev–Trinajstić information content (AvgIpc) is 1.89. The third-order valence-corrected chi connectivity index (χ3v) is 1.39. The first-order chi connectivity index (χ1) is 4.34. The number of carbonyl (C=O) groups excluding carboxylic acids is 1. The molecule has 0 atom stereocenters. The summed E-state index contributed by atoms with van der Waals surface area (Å²) in [6, 6.07) is 0. The largest absolute Gasteiger partial charge is 0.278 e. The van der Waals surface area contributed by atoms with E-state index in [2.05, 4.69) is 12.3 Å². The van der Waals surface area contributed by atoms with Gasteiger partial charge < -0.3 is 0 Å². The van der Waals surface area contributed by atoms with Crippen LogP contribution < -0.4 is 5.43 Å². The minimum Gasteiger partial charge on any atom is -0.278 e. The summed E-state index contributed by atoms with van der Waals surface area (Å²) in [7, 11) is 0. The second-order valence-electron chi connectivity index (χ2n) is 2.06. The van der Waals surface area contributed by atoms with Crippen LogP contribution >= 0.6 is 0 Å². The molecule has 1 saturated heterocycles. The van der Waals surface area contributed by atoms with Gasteiger partial charge in [-0.1, -0.05) is 0 Å². The summed E-state index contributed by atoms with van der Waals surface area (Å²) in [6.07, 6.45) is 1.62. The van der Waals surface area contributed by atoms with Crippen molar-refractivity contribution < 1.29 is 4.79 Å². The van der Waals surface area contributed by atoms with E-state index >= 15 is 0 Å². The maximum atomic E-state index is 10.8. The Bertz CT molecular complexity index is 114. The van der Waals surface area contributed by atoms with Crippen molar-refractivity contribution in [1.82, 2.24) is 10.4 Å². The van der Waals surface area contributed by atoms with Crippen LogP contribution in [0.3, 0.4) is 0 Å². The molecule has 51 valence electrons. The third kappa shape index (κ3) is 1.42. The zero-order valence-electron chi connectivity index (χ0n) is 5.39. The van der Waals surface area contributed by atoms with E-state index in [4.69, 9.17) is 0 Å². The second-order valence-corrected chi connectivity index (χ2v) is 2.06. The van der Waals surface area contributed by atoms with Crippen molar-refractivity contribution in [3.8, 4) is 0 Å². The van der Waals surface area contributed by atoms with Crippen molar-refractivity contribution >= 4 is 5.91 Å². The van der Waals surface area contributed by atoms with Gasteiger partial charge in [0.15, 0.2) is 0 Å². The van der Waals surface area contributed by atoms with Gasteiger partial charge in [-0.05, 0) is 13.3 Å². The Morgan fingerprint density at radius 1 is 1.78 bits per heavy atom. The molecule has 0 aliphatic carbocycles. The van der Waals surface area contributed by atoms with Crippen molar-refractivity contribution in [3.05, 3.63) is 6.92 Å². The van der Waals surface area contributed by atoms with Crippen LogP contribution in [-0.2, 0) is 4.79 Å². The lowest BCUT2D eigenvalue weighted by Gasteiger charge is -2.25. The lowest BCUT2D eigenvalue weighted by Crippen LogP contribution is -2.46. The van der Waals surface area contributed by atoms with Gasteiger partial charge in [-0.2, -0.15) is 0 Å². The molecular weight excluding hydrogens is 116 g/mol. The molecule has 3 nitrogen and oxygen atoms in total. The van der Waals surface area contributed by atoms with Gasteiger partial charge in [0.05, 0.1) is 0 Å². The molecule has 0 bridgehead atoms. The van der Waals surface area contributed by atoms with E-state index in [9.17, 15) is 4.79 Å². The maximum Gasteiger partial charge on any atom is 0.236 e. The molecule has 1 radical (unpaired) electrons. The maximum absolute atomic E-state index is 10.8. The van der Waals surface area contributed by atoms with E-state index in [1.165, 1.54) is 0 Å². The average molecular weight is 127 g/mol. The number of nitrogens with one attached hydrogen (secondary N) is 1. The Hall–Kier alpha value is -0.570. The fourth-order valence-electron chi connectivity index (χ4n) is 0.881. The van der Waals surface area contributed by atoms with Crippen LogP contribution in [0, 0.1) is 6.92 Å². The normalized spacial score (nSPS) is 20.6. The summed E-state index contributed by atoms with van der Waals surface area (Å²) in [4.78, 5) is 10.8. The smallest absolute Gasteiger partial charge is 0.236 e. The Balaban J connectivity index is 2.39. The van der Waals surface area contributed by atoms with E-state index < -0.39 is 0 Å². The van der Waals surface area contributed by atoms with Gasteiger partial charge in [-0.3, -0.25) is 9.80 Å². The summed E-state index contributed by atoms with van der Waals surface area (Å²) < 4.78 is 0. The Morgan fingerprint density at radius 2 is 2.56 bits per heavy atom. The van der Waals surface area contributed by atoms with Gasteiger partial charge in [0.1, 0.15) is 0 Å². The molecular formula is C6H11N2O. The summed E-state index contributed by atoms with van der Waals surface area (Å²) in [5.41, 5.74) is 2.94. The van der Waals surface area contributed by atoms with Gasteiger partial charge >= 0.3 is 0 Å². The van der Waals surface area contributed by atoms with Crippen LogP contribution in [0.5, 0.6) is 0 Å². The lowest BCUT2D eigenvalue weighted by atomic mass is 10.2. The number of rotatable bonds is 1. The topological polar surface area (TPSA) is 32.3 Å². The van der Waals surface area contributed by atoms with Crippen LogP contribution in [0.15, 0.2) is 0 Å². The molecule has 0 saturated carbocycles. The first-order valence-corrected chi connectivity index (χ1v) is 3.17. The number of hydrogen-bond donors (Lipinski definition) is 1. The van der Waals surface area contributed by atoms with Gasteiger partial charge in [0, 0.05) is 19.5 Å². The number of hydrazine groups is 1. The molecule has 1 fully saturated rings.